The Morgan fingerprint density at radius 1 is 1.09 bits per heavy atom. The Balaban J connectivity index is 1.38. The van der Waals surface area contributed by atoms with Crippen LogP contribution in [0.3, 0.4) is 0 Å². The minimum Gasteiger partial charge on any atom is -0.379 e. The Morgan fingerprint density at radius 2 is 1.85 bits per heavy atom. The number of morpholine rings is 1. The zero-order valence-corrected chi connectivity index (χ0v) is 19.7. The van der Waals surface area contributed by atoms with E-state index in [4.69, 9.17) is 21.3 Å². The van der Waals surface area contributed by atoms with E-state index in [1.54, 1.807) is 0 Å². The summed E-state index contributed by atoms with van der Waals surface area (Å²) in [7, 11) is 0. The predicted molar refractivity (Wildman–Crippen MR) is 134 cm³/mol. The van der Waals surface area contributed by atoms with Gasteiger partial charge in [-0.15, -0.1) is 11.3 Å². The lowest BCUT2D eigenvalue weighted by Gasteiger charge is -2.31. The average molecular weight is 481 g/mol. The summed E-state index contributed by atoms with van der Waals surface area (Å²) < 4.78 is 5.49. The van der Waals surface area contributed by atoms with E-state index in [2.05, 4.69) is 39.5 Å². The molecule has 5 rings (SSSR count). The summed E-state index contributed by atoms with van der Waals surface area (Å²) in [6.07, 6.45) is 0. The second kappa shape index (κ2) is 10.2. The number of rotatable bonds is 7. The van der Waals surface area contributed by atoms with E-state index in [1.165, 1.54) is 16.9 Å². The van der Waals surface area contributed by atoms with Crippen molar-refractivity contribution < 1.29 is 4.74 Å². The van der Waals surface area contributed by atoms with Crippen LogP contribution in [0.1, 0.15) is 17.4 Å². The van der Waals surface area contributed by atoms with Crippen LogP contribution in [0.15, 0.2) is 64.8 Å². The quantitative estimate of drug-likeness (QED) is 0.408. The van der Waals surface area contributed by atoms with Gasteiger partial charge in [0.15, 0.2) is 0 Å². The molecule has 0 aliphatic carbocycles. The molecule has 1 saturated heterocycles. The van der Waals surface area contributed by atoms with E-state index in [1.807, 2.05) is 35.7 Å². The summed E-state index contributed by atoms with van der Waals surface area (Å²) in [6.45, 7) is 4.71. The standard InChI is InChI=1S/C25H25ClN4O2S/c26-20-9-5-4-8-18(20)19-16-33-25-23(19)24(31)28-22(29-25)14-27-21(17-6-2-1-3-7-17)15-30-10-12-32-13-11-30/h1-9,16,21,27H,10-15H2,(H,28,29,31). The summed E-state index contributed by atoms with van der Waals surface area (Å²) >= 11 is 7.84. The van der Waals surface area contributed by atoms with Gasteiger partial charge >= 0.3 is 0 Å². The largest absolute Gasteiger partial charge is 0.379 e. The fourth-order valence-electron chi connectivity index (χ4n) is 4.19. The van der Waals surface area contributed by atoms with Crippen molar-refractivity contribution in [2.45, 2.75) is 12.6 Å². The summed E-state index contributed by atoms with van der Waals surface area (Å²) in [5.41, 5.74) is 2.74. The maximum absolute atomic E-state index is 13.0. The topological polar surface area (TPSA) is 70.2 Å². The number of hydrogen-bond acceptors (Lipinski definition) is 6. The number of ether oxygens (including phenoxy) is 1. The van der Waals surface area contributed by atoms with Crippen LogP contribution >= 0.6 is 22.9 Å². The summed E-state index contributed by atoms with van der Waals surface area (Å²) in [6, 6.07) is 18.1. The number of halogens is 1. The van der Waals surface area contributed by atoms with Gasteiger partial charge in [-0.25, -0.2) is 4.98 Å². The number of nitrogens with one attached hydrogen (secondary N) is 2. The summed E-state index contributed by atoms with van der Waals surface area (Å²) in [5, 5.41) is 6.77. The van der Waals surface area contributed by atoms with Crippen LogP contribution in [0.2, 0.25) is 5.02 Å². The number of aromatic nitrogens is 2. The smallest absolute Gasteiger partial charge is 0.260 e. The molecule has 2 N–H and O–H groups in total. The van der Waals surface area contributed by atoms with E-state index in [-0.39, 0.29) is 11.6 Å². The van der Waals surface area contributed by atoms with E-state index in [9.17, 15) is 4.79 Å². The molecule has 2 aromatic carbocycles. The van der Waals surface area contributed by atoms with Gasteiger partial charge in [-0.2, -0.15) is 0 Å². The number of hydrogen-bond donors (Lipinski definition) is 2. The molecule has 0 spiro atoms. The molecule has 1 aliphatic rings. The van der Waals surface area contributed by atoms with Crippen LogP contribution in [-0.2, 0) is 11.3 Å². The number of H-pyrrole nitrogens is 1. The van der Waals surface area contributed by atoms with Crippen molar-refractivity contribution in [3.05, 3.63) is 86.7 Å². The van der Waals surface area contributed by atoms with Crippen LogP contribution in [-0.4, -0.2) is 47.7 Å². The SMILES string of the molecule is O=c1[nH]c(CNC(CN2CCOCC2)c2ccccc2)nc2scc(-c3ccccc3Cl)c12. The summed E-state index contributed by atoms with van der Waals surface area (Å²) in [4.78, 5) is 23.9. The molecular formula is C25H25ClN4O2S. The number of aromatic amines is 1. The molecule has 0 saturated carbocycles. The molecule has 1 aliphatic heterocycles. The van der Waals surface area contributed by atoms with Crippen molar-refractivity contribution in [1.82, 2.24) is 20.2 Å². The van der Waals surface area contributed by atoms with Crippen LogP contribution in [0.25, 0.3) is 21.3 Å². The van der Waals surface area contributed by atoms with Crippen LogP contribution < -0.4 is 10.9 Å². The Kier molecular flexibility index (Phi) is 6.85. The summed E-state index contributed by atoms with van der Waals surface area (Å²) in [5.74, 6) is 0.628. The number of benzene rings is 2. The predicted octanol–water partition coefficient (Wildman–Crippen LogP) is 4.47. The molecule has 8 heteroatoms. The minimum absolute atomic E-state index is 0.118. The highest BCUT2D eigenvalue weighted by atomic mass is 35.5. The van der Waals surface area contributed by atoms with Crippen molar-refractivity contribution >= 4 is 33.2 Å². The Morgan fingerprint density at radius 3 is 2.64 bits per heavy atom. The first-order valence-corrected chi connectivity index (χ1v) is 12.3. The Bertz CT molecular complexity index is 1280. The number of thiophene rings is 1. The first kappa shape index (κ1) is 22.3. The van der Waals surface area contributed by atoms with Gasteiger partial charge in [0.05, 0.1) is 25.1 Å². The average Bonchev–Trinajstić information content (AvgIpc) is 3.28. The third-order valence-electron chi connectivity index (χ3n) is 5.92. The van der Waals surface area contributed by atoms with E-state index in [0.29, 0.717) is 22.8 Å². The fourth-order valence-corrected chi connectivity index (χ4v) is 5.39. The Hall–Kier alpha value is -2.55. The van der Waals surface area contributed by atoms with Gasteiger partial charge in [0.25, 0.3) is 5.56 Å². The normalized spacial score (nSPS) is 15.7. The van der Waals surface area contributed by atoms with Crippen molar-refractivity contribution in [3.63, 3.8) is 0 Å². The molecule has 33 heavy (non-hydrogen) atoms. The number of fused-ring (bicyclic) bond motifs is 1. The molecule has 1 fully saturated rings. The van der Waals surface area contributed by atoms with Gasteiger partial charge in [-0.05, 0) is 11.6 Å². The molecule has 0 bridgehead atoms. The molecular weight excluding hydrogens is 456 g/mol. The zero-order valence-electron chi connectivity index (χ0n) is 18.1. The Labute approximate surface area is 201 Å². The third kappa shape index (κ3) is 5.03. The lowest BCUT2D eigenvalue weighted by atomic mass is 10.1. The number of nitrogens with zero attached hydrogens (tertiary/aromatic N) is 2. The van der Waals surface area contributed by atoms with Crippen LogP contribution in [0, 0.1) is 0 Å². The van der Waals surface area contributed by atoms with Crippen molar-refractivity contribution in [1.29, 1.82) is 0 Å². The molecule has 2 aromatic heterocycles. The van der Waals surface area contributed by atoms with Gasteiger partial charge in [0.2, 0.25) is 0 Å². The molecule has 4 aromatic rings. The van der Waals surface area contributed by atoms with Gasteiger partial charge in [0.1, 0.15) is 10.7 Å². The molecule has 0 amide bonds. The van der Waals surface area contributed by atoms with Crippen LogP contribution in [0.5, 0.6) is 0 Å². The van der Waals surface area contributed by atoms with Crippen molar-refractivity contribution in [3.8, 4) is 11.1 Å². The maximum Gasteiger partial charge on any atom is 0.260 e. The lowest BCUT2D eigenvalue weighted by molar-refractivity contribution is 0.0333. The molecule has 3 heterocycles. The van der Waals surface area contributed by atoms with E-state index in [0.717, 1.165) is 48.8 Å². The molecule has 1 atom stereocenters. The van der Waals surface area contributed by atoms with Crippen molar-refractivity contribution in [2.75, 3.05) is 32.8 Å². The first-order chi connectivity index (χ1) is 16.2. The zero-order chi connectivity index (χ0) is 22.6. The van der Waals surface area contributed by atoms with E-state index >= 15 is 0 Å². The highest BCUT2D eigenvalue weighted by Gasteiger charge is 2.19. The molecule has 1 unspecified atom stereocenters. The second-order valence-electron chi connectivity index (χ2n) is 8.08. The molecule has 6 nitrogen and oxygen atoms in total. The second-order valence-corrected chi connectivity index (χ2v) is 9.34. The lowest BCUT2D eigenvalue weighted by Crippen LogP contribution is -2.42. The molecule has 0 radical (unpaired) electrons. The van der Waals surface area contributed by atoms with E-state index < -0.39 is 0 Å². The monoisotopic (exact) mass is 480 g/mol. The third-order valence-corrected chi connectivity index (χ3v) is 7.12. The maximum atomic E-state index is 13.0. The van der Waals surface area contributed by atoms with Gasteiger partial charge in [0, 0.05) is 47.2 Å². The minimum atomic E-state index is -0.141. The molecule has 170 valence electrons. The van der Waals surface area contributed by atoms with Crippen molar-refractivity contribution in [2.24, 2.45) is 0 Å². The van der Waals surface area contributed by atoms with Gasteiger partial charge in [-0.1, -0.05) is 60.1 Å². The highest BCUT2D eigenvalue weighted by Crippen LogP contribution is 2.34. The van der Waals surface area contributed by atoms with Crippen LogP contribution in [0.4, 0.5) is 0 Å². The fraction of sp³-hybridized carbons (Fsp3) is 0.280. The highest BCUT2D eigenvalue weighted by molar-refractivity contribution is 7.17. The first-order valence-electron chi connectivity index (χ1n) is 11.0. The van der Waals surface area contributed by atoms with Gasteiger partial charge < -0.3 is 15.0 Å². The van der Waals surface area contributed by atoms with Gasteiger partial charge in [-0.3, -0.25) is 9.69 Å².